The number of carbonyl (C=O) groups excluding carboxylic acids is 1. The van der Waals surface area contributed by atoms with E-state index in [1.165, 1.54) is 0 Å². The number of pyridine rings is 1. The molecule has 0 spiro atoms. The Kier molecular flexibility index (Phi) is 6.83. The van der Waals surface area contributed by atoms with Crippen molar-refractivity contribution in [1.82, 2.24) is 9.88 Å². The first-order chi connectivity index (χ1) is 10.8. The number of aromatic nitrogens is 1. The summed E-state index contributed by atoms with van der Waals surface area (Å²) in [5.41, 5.74) is 7.06. The second-order valence-electron chi connectivity index (χ2n) is 6.66. The van der Waals surface area contributed by atoms with Gasteiger partial charge in [-0.1, -0.05) is 7.43 Å². The molecule has 2 rings (SSSR count). The topological polar surface area (TPSA) is 80.9 Å². The van der Waals surface area contributed by atoms with E-state index in [1.54, 1.807) is 24.4 Å². The lowest BCUT2D eigenvalue weighted by molar-refractivity contribution is 0.00345. The Balaban J connectivity index is 0.00000288. The largest absolute Gasteiger partial charge is 0.444 e. The fraction of sp³-hybridized carbons (Fsp3) is 0.647. The third-order valence-electron chi connectivity index (χ3n) is 3.64. The van der Waals surface area contributed by atoms with Crippen molar-refractivity contribution < 1.29 is 14.3 Å². The maximum absolute atomic E-state index is 12.4. The maximum Gasteiger partial charge on any atom is 0.410 e. The summed E-state index contributed by atoms with van der Waals surface area (Å²) in [4.78, 5) is 20.3. The molecule has 0 aliphatic carbocycles. The van der Waals surface area contributed by atoms with Gasteiger partial charge in [0.1, 0.15) is 5.60 Å². The van der Waals surface area contributed by atoms with Crippen molar-refractivity contribution in [2.45, 2.75) is 39.8 Å². The summed E-state index contributed by atoms with van der Waals surface area (Å²) in [6.45, 7) is 7.93. The van der Waals surface area contributed by atoms with Gasteiger partial charge in [0, 0.05) is 32.9 Å². The number of nitrogen functional groups attached to an aromatic ring is 1. The number of nitrogens with two attached hydrogens (primary N) is 1. The predicted octanol–water partition coefficient (Wildman–Crippen LogP) is 2.37. The molecular weight excluding hydrogens is 308 g/mol. The summed E-state index contributed by atoms with van der Waals surface area (Å²) < 4.78 is 10.8. The quantitative estimate of drug-likeness (QED) is 0.911. The van der Waals surface area contributed by atoms with Crippen molar-refractivity contribution in [3.63, 3.8) is 0 Å². The Morgan fingerprint density at radius 2 is 2.12 bits per heavy atom. The van der Waals surface area contributed by atoms with E-state index in [0.717, 1.165) is 5.69 Å². The molecule has 2 heterocycles. The van der Waals surface area contributed by atoms with Crippen molar-refractivity contribution in [3.05, 3.63) is 18.5 Å². The normalized spacial score (nSPS) is 18.1. The average Bonchev–Trinajstić information content (AvgIpc) is 2.46. The van der Waals surface area contributed by atoms with Gasteiger partial charge in [0.05, 0.1) is 30.2 Å². The molecule has 1 aliphatic rings. The number of piperazine rings is 1. The van der Waals surface area contributed by atoms with Gasteiger partial charge in [-0.3, -0.25) is 9.88 Å². The lowest BCUT2D eigenvalue weighted by Gasteiger charge is -2.42. The second kappa shape index (κ2) is 8.19. The number of ether oxygens (including phenoxy) is 2. The highest BCUT2D eigenvalue weighted by Gasteiger charge is 2.33. The smallest absolute Gasteiger partial charge is 0.410 e. The van der Waals surface area contributed by atoms with Gasteiger partial charge in [-0.05, 0) is 26.8 Å². The molecule has 1 saturated heterocycles. The van der Waals surface area contributed by atoms with Crippen LogP contribution in [0.5, 0.6) is 0 Å². The monoisotopic (exact) mass is 338 g/mol. The Morgan fingerprint density at radius 3 is 2.71 bits per heavy atom. The third-order valence-corrected chi connectivity index (χ3v) is 3.64. The van der Waals surface area contributed by atoms with Gasteiger partial charge >= 0.3 is 6.09 Å². The lowest BCUT2D eigenvalue weighted by Crippen LogP contribution is -2.57. The Morgan fingerprint density at radius 1 is 1.42 bits per heavy atom. The number of hydrogen-bond acceptors (Lipinski definition) is 6. The Hall–Kier alpha value is -2.02. The lowest BCUT2D eigenvalue weighted by atomic mass is 10.1. The van der Waals surface area contributed by atoms with E-state index < -0.39 is 5.60 Å². The van der Waals surface area contributed by atoms with Gasteiger partial charge in [-0.25, -0.2) is 4.79 Å². The molecule has 7 nitrogen and oxygen atoms in total. The minimum absolute atomic E-state index is 0. The Labute approximate surface area is 144 Å². The van der Waals surface area contributed by atoms with Crippen LogP contribution in [-0.4, -0.2) is 61.0 Å². The summed E-state index contributed by atoms with van der Waals surface area (Å²) in [5.74, 6) is 0. The van der Waals surface area contributed by atoms with Gasteiger partial charge in [0.2, 0.25) is 0 Å². The molecular formula is C17H30N4O3. The predicted molar refractivity (Wildman–Crippen MR) is 96.2 cm³/mol. The van der Waals surface area contributed by atoms with E-state index >= 15 is 0 Å². The molecule has 1 aromatic rings. The van der Waals surface area contributed by atoms with Crippen LogP contribution < -0.4 is 10.6 Å². The molecule has 1 aliphatic heterocycles. The summed E-state index contributed by atoms with van der Waals surface area (Å²) >= 11 is 0. The summed E-state index contributed by atoms with van der Waals surface area (Å²) in [7, 11) is 1.63. The van der Waals surface area contributed by atoms with Crippen LogP contribution in [0.25, 0.3) is 0 Å². The summed E-state index contributed by atoms with van der Waals surface area (Å²) in [6, 6.07) is 1.80. The molecule has 0 saturated carbocycles. The summed E-state index contributed by atoms with van der Waals surface area (Å²) in [5, 5.41) is 0. The van der Waals surface area contributed by atoms with E-state index in [4.69, 9.17) is 15.2 Å². The van der Waals surface area contributed by atoms with Gasteiger partial charge in [-0.15, -0.1) is 0 Å². The van der Waals surface area contributed by atoms with Crippen LogP contribution >= 0.6 is 0 Å². The van der Waals surface area contributed by atoms with Crippen LogP contribution in [-0.2, 0) is 9.47 Å². The highest BCUT2D eigenvalue weighted by Crippen LogP contribution is 2.25. The zero-order valence-corrected chi connectivity index (χ0v) is 14.3. The average molecular weight is 338 g/mol. The van der Waals surface area contributed by atoms with Crippen molar-refractivity contribution in [1.29, 1.82) is 0 Å². The van der Waals surface area contributed by atoms with E-state index in [0.29, 0.717) is 31.9 Å². The standard InChI is InChI=1S/C16H26N4O3.CH4/c1-16(2,3)23-15(21)20-8-7-19(10-12(20)11-22-4)14-5-6-18-9-13(14)17;/h5-6,9,12H,7-8,10-11,17H2,1-4H3;1H4/t12-;/m1./s1. The van der Waals surface area contributed by atoms with Crippen LogP contribution in [0.2, 0.25) is 0 Å². The van der Waals surface area contributed by atoms with Crippen LogP contribution in [0.4, 0.5) is 16.2 Å². The molecule has 0 aromatic carbocycles. The number of amides is 1. The Bertz CT molecular complexity index is 545. The molecule has 0 unspecified atom stereocenters. The zero-order chi connectivity index (χ0) is 17.0. The minimum atomic E-state index is -0.513. The highest BCUT2D eigenvalue weighted by molar-refractivity contribution is 5.70. The van der Waals surface area contributed by atoms with E-state index in [1.807, 2.05) is 26.8 Å². The molecule has 1 fully saturated rings. The number of rotatable bonds is 3. The van der Waals surface area contributed by atoms with Crippen molar-refractivity contribution in [2.75, 3.05) is 44.0 Å². The third kappa shape index (κ3) is 4.99. The minimum Gasteiger partial charge on any atom is -0.444 e. The van der Waals surface area contributed by atoms with Gasteiger partial charge < -0.3 is 20.1 Å². The van der Waals surface area contributed by atoms with Gasteiger partial charge in [0.25, 0.3) is 0 Å². The number of nitrogens with zero attached hydrogens (tertiary/aromatic N) is 3. The first-order valence-corrected chi connectivity index (χ1v) is 7.75. The molecule has 2 N–H and O–H groups in total. The molecule has 24 heavy (non-hydrogen) atoms. The molecule has 0 radical (unpaired) electrons. The fourth-order valence-corrected chi connectivity index (χ4v) is 2.66. The summed E-state index contributed by atoms with van der Waals surface area (Å²) in [6.07, 6.45) is 3.06. The number of hydrogen-bond donors (Lipinski definition) is 1. The first-order valence-electron chi connectivity index (χ1n) is 7.75. The molecule has 7 heteroatoms. The van der Waals surface area contributed by atoms with Crippen molar-refractivity contribution in [3.8, 4) is 0 Å². The number of anilines is 2. The maximum atomic E-state index is 12.4. The second-order valence-corrected chi connectivity index (χ2v) is 6.66. The molecule has 1 aromatic heterocycles. The zero-order valence-electron chi connectivity index (χ0n) is 14.3. The molecule has 0 bridgehead atoms. The molecule has 1 atom stereocenters. The van der Waals surface area contributed by atoms with Crippen LogP contribution in [0.1, 0.15) is 28.2 Å². The first kappa shape index (κ1) is 20.0. The SMILES string of the molecule is C.COC[C@H]1CN(c2ccncc2N)CCN1C(=O)OC(C)(C)C. The number of methoxy groups -OCH3 is 1. The van der Waals surface area contributed by atoms with Crippen LogP contribution in [0.3, 0.4) is 0 Å². The van der Waals surface area contributed by atoms with Crippen molar-refractivity contribution >= 4 is 17.5 Å². The highest BCUT2D eigenvalue weighted by atomic mass is 16.6. The van der Waals surface area contributed by atoms with Gasteiger partial charge in [-0.2, -0.15) is 0 Å². The van der Waals surface area contributed by atoms with Crippen LogP contribution in [0, 0.1) is 0 Å². The van der Waals surface area contributed by atoms with E-state index in [9.17, 15) is 4.79 Å². The van der Waals surface area contributed by atoms with Crippen LogP contribution in [0.15, 0.2) is 18.5 Å². The fourth-order valence-electron chi connectivity index (χ4n) is 2.66. The van der Waals surface area contributed by atoms with E-state index in [2.05, 4.69) is 9.88 Å². The molecule has 1 amide bonds. The van der Waals surface area contributed by atoms with Crippen molar-refractivity contribution in [2.24, 2.45) is 0 Å². The molecule has 136 valence electrons. The van der Waals surface area contributed by atoms with E-state index in [-0.39, 0.29) is 19.6 Å². The number of carbonyl (C=O) groups is 1. The van der Waals surface area contributed by atoms with Gasteiger partial charge in [0.15, 0.2) is 0 Å².